The van der Waals surface area contributed by atoms with Crippen molar-refractivity contribution in [2.45, 2.75) is 52.6 Å². The minimum atomic E-state index is -0.435. The van der Waals surface area contributed by atoms with Gasteiger partial charge in [0.2, 0.25) is 11.8 Å². The van der Waals surface area contributed by atoms with E-state index < -0.39 is 6.04 Å². The smallest absolute Gasteiger partial charge is 0.242 e. The highest BCUT2D eigenvalue weighted by Crippen LogP contribution is 2.15. The van der Waals surface area contributed by atoms with Gasteiger partial charge in [-0.05, 0) is 30.5 Å². The summed E-state index contributed by atoms with van der Waals surface area (Å²) in [4.78, 5) is 26.3. The molecule has 0 bridgehead atoms. The van der Waals surface area contributed by atoms with Gasteiger partial charge in [0.1, 0.15) is 6.04 Å². The zero-order chi connectivity index (χ0) is 16.5. The van der Waals surface area contributed by atoms with E-state index in [1.807, 2.05) is 32.9 Å². The third kappa shape index (κ3) is 5.34. The Morgan fingerprint density at radius 3 is 2.32 bits per heavy atom. The van der Waals surface area contributed by atoms with Gasteiger partial charge in [-0.25, -0.2) is 0 Å². The Morgan fingerprint density at radius 1 is 1.18 bits per heavy atom. The van der Waals surface area contributed by atoms with Crippen LogP contribution in [0.1, 0.15) is 45.6 Å². The second kappa shape index (κ2) is 9.46. The fraction of sp³-hybridized carbons (Fsp3) is 0.529. The number of halogens is 1. The van der Waals surface area contributed by atoms with E-state index in [-0.39, 0.29) is 11.8 Å². The molecule has 122 valence electrons. The molecule has 0 fully saturated rings. The minimum Gasteiger partial charge on any atom is -0.354 e. The van der Waals surface area contributed by atoms with Crippen LogP contribution in [0.4, 0.5) is 0 Å². The van der Waals surface area contributed by atoms with Crippen molar-refractivity contribution in [3.8, 4) is 0 Å². The van der Waals surface area contributed by atoms with Gasteiger partial charge in [0.15, 0.2) is 0 Å². The molecular formula is C17H25ClN2O2. The lowest BCUT2D eigenvalue weighted by Crippen LogP contribution is -2.49. The first kappa shape index (κ1) is 18.5. The molecule has 22 heavy (non-hydrogen) atoms. The van der Waals surface area contributed by atoms with E-state index in [2.05, 4.69) is 5.32 Å². The molecule has 0 heterocycles. The molecule has 1 rings (SSSR count). The standard InChI is InChI=1S/C17H25ClN2O2/c1-4-11-19-17(22)15(5-2)20(16(21)6-3)12-13-7-9-14(18)10-8-13/h7-10,15H,4-6,11-12H2,1-3H3,(H,19,22). The highest BCUT2D eigenvalue weighted by Gasteiger charge is 2.27. The maximum absolute atomic E-state index is 12.3. The van der Waals surface area contributed by atoms with Crippen LogP contribution in [0.2, 0.25) is 5.02 Å². The molecule has 4 nitrogen and oxygen atoms in total. The summed E-state index contributed by atoms with van der Waals surface area (Å²) >= 11 is 5.89. The molecule has 0 aliphatic carbocycles. The van der Waals surface area contributed by atoms with E-state index in [9.17, 15) is 9.59 Å². The normalized spacial score (nSPS) is 11.8. The highest BCUT2D eigenvalue weighted by molar-refractivity contribution is 6.30. The van der Waals surface area contributed by atoms with Crippen molar-refractivity contribution < 1.29 is 9.59 Å². The average Bonchev–Trinajstić information content (AvgIpc) is 2.53. The molecule has 0 aliphatic rings. The summed E-state index contributed by atoms with van der Waals surface area (Å²) in [6.07, 6.45) is 1.85. The largest absolute Gasteiger partial charge is 0.354 e. The zero-order valence-electron chi connectivity index (χ0n) is 13.6. The van der Waals surface area contributed by atoms with Gasteiger partial charge < -0.3 is 10.2 Å². The lowest BCUT2D eigenvalue weighted by molar-refractivity contribution is -0.141. The zero-order valence-corrected chi connectivity index (χ0v) is 14.3. The molecule has 2 amide bonds. The van der Waals surface area contributed by atoms with Crippen LogP contribution in [-0.2, 0) is 16.1 Å². The van der Waals surface area contributed by atoms with E-state index in [4.69, 9.17) is 11.6 Å². The highest BCUT2D eigenvalue weighted by atomic mass is 35.5. The Balaban J connectivity index is 2.92. The Bertz CT molecular complexity index is 488. The molecule has 1 N–H and O–H groups in total. The third-order valence-electron chi connectivity index (χ3n) is 3.50. The molecule has 0 aromatic heterocycles. The molecule has 5 heteroatoms. The molecule has 1 atom stereocenters. The summed E-state index contributed by atoms with van der Waals surface area (Å²) in [6.45, 7) is 6.79. The van der Waals surface area contributed by atoms with E-state index in [1.54, 1.807) is 17.0 Å². The van der Waals surface area contributed by atoms with Crippen molar-refractivity contribution in [3.63, 3.8) is 0 Å². The van der Waals surface area contributed by atoms with Crippen molar-refractivity contribution in [2.75, 3.05) is 6.54 Å². The van der Waals surface area contributed by atoms with Crippen molar-refractivity contribution in [1.82, 2.24) is 10.2 Å². The van der Waals surface area contributed by atoms with Crippen LogP contribution in [0.3, 0.4) is 0 Å². The van der Waals surface area contributed by atoms with Gasteiger partial charge in [0.05, 0.1) is 0 Å². The van der Waals surface area contributed by atoms with E-state index in [1.165, 1.54) is 0 Å². The van der Waals surface area contributed by atoms with Crippen LogP contribution in [0.15, 0.2) is 24.3 Å². The number of hydrogen-bond donors (Lipinski definition) is 1. The SMILES string of the molecule is CCCNC(=O)C(CC)N(Cc1ccc(Cl)cc1)C(=O)CC. The van der Waals surface area contributed by atoms with Gasteiger partial charge in [-0.1, -0.05) is 44.5 Å². The fourth-order valence-corrected chi connectivity index (χ4v) is 2.40. The Hall–Kier alpha value is -1.55. The lowest BCUT2D eigenvalue weighted by atomic mass is 10.1. The predicted octanol–water partition coefficient (Wildman–Crippen LogP) is 3.38. The molecule has 0 aliphatic heterocycles. The van der Waals surface area contributed by atoms with Gasteiger partial charge in [0.25, 0.3) is 0 Å². The number of rotatable bonds is 8. The third-order valence-corrected chi connectivity index (χ3v) is 3.76. The molecular weight excluding hydrogens is 300 g/mol. The van der Waals surface area contributed by atoms with E-state index >= 15 is 0 Å². The van der Waals surface area contributed by atoms with Gasteiger partial charge in [-0.3, -0.25) is 9.59 Å². The van der Waals surface area contributed by atoms with Crippen LogP contribution in [0.25, 0.3) is 0 Å². The number of carbonyl (C=O) groups excluding carboxylic acids is 2. The number of benzene rings is 1. The second-order valence-corrected chi connectivity index (χ2v) is 5.65. The van der Waals surface area contributed by atoms with Gasteiger partial charge in [-0.2, -0.15) is 0 Å². The van der Waals surface area contributed by atoms with Crippen LogP contribution >= 0.6 is 11.6 Å². The quantitative estimate of drug-likeness (QED) is 0.797. The van der Waals surface area contributed by atoms with Gasteiger partial charge in [-0.15, -0.1) is 0 Å². The first-order valence-electron chi connectivity index (χ1n) is 7.85. The Morgan fingerprint density at radius 2 is 1.82 bits per heavy atom. The Labute approximate surface area is 137 Å². The molecule has 1 aromatic rings. The van der Waals surface area contributed by atoms with E-state index in [0.717, 1.165) is 12.0 Å². The van der Waals surface area contributed by atoms with Gasteiger partial charge >= 0.3 is 0 Å². The van der Waals surface area contributed by atoms with Crippen LogP contribution < -0.4 is 5.32 Å². The number of carbonyl (C=O) groups is 2. The Kier molecular flexibility index (Phi) is 7.96. The number of nitrogens with zero attached hydrogens (tertiary/aromatic N) is 1. The summed E-state index contributed by atoms with van der Waals surface area (Å²) < 4.78 is 0. The summed E-state index contributed by atoms with van der Waals surface area (Å²) in [5, 5.41) is 3.54. The van der Waals surface area contributed by atoms with Crippen LogP contribution in [0, 0.1) is 0 Å². The maximum atomic E-state index is 12.3. The fourth-order valence-electron chi connectivity index (χ4n) is 2.28. The molecule has 0 saturated heterocycles. The monoisotopic (exact) mass is 324 g/mol. The first-order valence-corrected chi connectivity index (χ1v) is 8.22. The predicted molar refractivity (Wildman–Crippen MR) is 89.7 cm³/mol. The molecule has 0 radical (unpaired) electrons. The van der Waals surface area contributed by atoms with Crippen LogP contribution in [0.5, 0.6) is 0 Å². The van der Waals surface area contributed by atoms with Gasteiger partial charge in [0, 0.05) is 24.5 Å². The summed E-state index contributed by atoms with van der Waals surface area (Å²) in [5.41, 5.74) is 0.966. The molecule has 1 aromatic carbocycles. The van der Waals surface area contributed by atoms with Crippen molar-refractivity contribution >= 4 is 23.4 Å². The van der Waals surface area contributed by atoms with E-state index in [0.29, 0.717) is 31.0 Å². The minimum absolute atomic E-state index is 0.0200. The molecule has 0 saturated carbocycles. The van der Waals surface area contributed by atoms with Crippen molar-refractivity contribution in [3.05, 3.63) is 34.9 Å². The van der Waals surface area contributed by atoms with Crippen molar-refractivity contribution in [1.29, 1.82) is 0 Å². The second-order valence-electron chi connectivity index (χ2n) is 5.22. The summed E-state index contributed by atoms with van der Waals surface area (Å²) in [7, 11) is 0. The topological polar surface area (TPSA) is 49.4 Å². The summed E-state index contributed by atoms with van der Waals surface area (Å²) in [6, 6.07) is 6.92. The lowest BCUT2D eigenvalue weighted by Gasteiger charge is -2.30. The first-order chi connectivity index (χ1) is 10.5. The molecule has 0 spiro atoms. The summed E-state index contributed by atoms with van der Waals surface area (Å²) in [5.74, 6) is -0.103. The number of nitrogens with one attached hydrogen (secondary N) is 1. The van der Waals surface area contributed by atoms with Crippen molar-refractivity contribution in [2.24, 2.45) is 0 Å². The maximum Gasteiger partial charge on any atom is 0.242 e. The average molecular weight is 325 g/mol. The van der Waals surface area contributed by atoms with Crippen LogP contribution in [-0.4, -0.2) is 29.3 Å². The number of hydrogen-bond acceptors (Lipinski definition) is 2. The molecule has 1 unspecified atom stereocenters. The number of amides is 2.